The van der Waals surface area contributed by atoms with E-state index in [0.29, 0.717) is 6.42 Å². The summed E-state index contributed by atoms with van der Waals surface area (Å²) in [7, 11) is 0. The van der Waals surface area contributed by atoms with Crippen LogP contribution in [0.5, 0.6) is 5.75 Å². The second-order valence-corrected chi connectivity index (χ2v) is 3.03. The zero-order chi connectivity index (χ0) is 11.3. The number of hydrogen-bond acceptors (Lipinski definition) is 4. The minimum absolute atomic E-state index is 0.00181. The fourth-order valence-electron chi connectivity index (χ4n) is 1.06. The molecule has 0 radical (unpaired) electrons. The van der Waals surface area contributed by atoms with E-state index in [4.69, 9.17) is 0 Å². The van der Waals surface area contributed by atoms with E-state index in [2.05, 4.69) is 4.74 Å². The maximum absolute atomic E-state index is 11.3. The van der Waals surface area contributed by atoms with Crippen LogP contribution in [0.15, 0.2) is 24.3 Å². The zero-order valence-corrected chi connectivity index (χ0v) is 8.40. The van der Waals surface area contributed by atoms with Crippen LogP contribution in [0.2, 0.25) is 0 Å². The van der Waals surface area contributed by atoms with Crippen molar-refractivity contribution in [3.63, 3.8) is 0 Å². The number of benzene rings is 1. The summed E-state index contributed by atoms with van der Waals surface area (Å²) >= 11 is 0. The smallest absolute Gasteiger partial charge is 0.349 e. The Bertz CT molecular complexity index is 371. The summed E-state index contributed by atoms with van der Waals surface area (Å²) in [6.07, 6.45) is 0.812. The molecule has 1 aromatic rings. The van der Waals surface area contributed by atoms with Crippen LogP contribution in [0.1, 0.15) is 30.1 Å². The average molecular weight is 208 g/mol. The van der Waals surface area contributed by atoms with Gasteiger partial charge in [-0.15, -0.1) is 0 Å². The highest BCUT2D eigenvalue weighted by molar-refractivity contribution is 5.98. The summed E-state index contributed by atoms with van der Waals surface area (Å²) in [5.74, 6) is -1.58. The number of para-hydroxylation sites is 1. The number of phenolic OH excluding ortho intramolecular Hbond substituents is 1. The molecule has 15 heavy (non-hydrogen) atoms. The maximum atomic E-state index is 11.3. The van der Waals surface area contributed by atoms with Crippen LogP contribution in [0.3, 0.4) is 0 Å². The predicted octanol–water partition coefficient (Wildman–Crippen LogP) is 1.88. The van der Waals surface area contributed by atoms with Gasteiger partial charge in [-0.3, -0.25) is 4.79 Å². The molecule has 1 rings (SSSR count). The van der Waals surface area contributed by atoms with E-state index in [-0.39, 0.29) is 17.7 Å². The van der Waals surface area contributed by atoms with Crippen molar-refractivity contribution in [3.8, 4) is 5.75 Å². The predicted molar refractivity (Wildman–Crippen MR) is 53.4 cm³/mol. The number of esters is 2. The molecule has 1 N–H and O–H groups in total. The molecule has 0 heterocycles. The van der Waals surface area contributed by atoms with Gasteiger partial charge < -0.3 is 9.84 Å². The van der Waals surface area contributed by atoms with Crippen molar-refractivity contribution in [1.82, 2.24) is 0 Å². The van der Waals surface area contributed by atoms with E-state index in [1.165, 1.54) is 12.1 Å². The highest BCUT2D eigenvalue weighted by atomic mass is 16.6. The molecule has 0 atom stereocenters. The minimum atomic E-state index is -0.813. The number of rotatable bonds is 3. The molecule has 0 bridgehead atoms. The van der Waals surface area contributed by atoms with Gasteiger partial charge in [-0.1, -0.05) is 19.1 Å². The monoisotopic (exact) mass is 208 g/mol. The van der Waals surface area contributed by atoms with Crippen LogP contribution >= 0.6 is 0 Å². The molecule has 0 fully saturated rings. The second-order valence-electron chi connectivity index (χ2n) is 3.03. The minimum Gasteiger partial charge on any atom is -0.507 e. The van der Waals surface area contributed by atoms with Crippen molar-refractivity contribution in [1.29, 1.82) is 0 Å². The quantitative estimate of drug-likeness (QED) is 0.608. The lowest BCUT2D eigenvalue weighted by atomic mass is 10.2. The molecule has 4 heteroatoms. The molecule has 4 nitrogen and oxygen atoms in total. The van der Waals surface area contributed by atoms with Crippen LogP contribution in [-0.2, 0) is 9.53 Å². The topological polar surface area (TPSA) is 63.6 Å². The van der Waals surface area contributed by atoms with E-state index in [1.807, 2.05) is 6.92 Å². The van der Waals surface area contributed by atoms with Crippen LogP contribution in [-0.4, -0.2) is 17.0 Å². The number of phenols is 1. The van der Waals surface area contributed by atoms with Crippen molar-refractivity contribution < 1.29 is 19.4 Å². The normalized spacial score (nSPS) is 9.67. The second kappa shape index (κ2) is 5.14. The van der Waals surface area contributed by atoms with E-state index in [9.17, 15) is 14.7 Å². The van der Waals surface area contributed by atoms with Crippen molar-refractivity contribution in [3.05, 3.63) is 29.8 Å². The summed E-state index contributed by atoms with van der Waals surface area (Å²) < 4.78 is 4.52. The Morgan fingerprint density at radius 1 is 1.33 bits per heavy atom. The molecule has 80 valence electrons. The van der Waals surface area contributed by atoms with Crippen molar-refractivity contribution in [2.45, 2.75) is 19.8 Å². The summed E-state index contributed by atoms with van der Waals surface area (Å²) in [6.45, 7) is 1.81. The fraction of sp³-hybridized carbons (Fsp3) is 0.273. The van der Waals surface area contributed by atoms with Gasteiger partial charge in [0.25, 0.3) is 0 Å². The first kappa shape index (κ1) is 11.2. The zero-order valence-electron chi connectivity index (χ0n) is 8.40. The van der Waals surface area contributed by atoms with Gasteiger partial charge in [0.2, 0.25) is 0 Å². The average Bonchev–Trinajstić information content (AvgIpc) is 2.18. The molecule has 0 aliphatic heterocycles. The standard InChI is InChI=1S/C11H12O4/c1-2-5-10(13)15-11(14)8-6-3-4-7-9(8)12/h3-4,6-7,12H,2,5H2,1H3. The van der Waals surface area contributed by atoms with Gasteiger partial charge in [0.05, 0.1) is 0 Å². The Balaban J connectivity index is 2.70. The van der Waals surface area contributed by atoms with Crippen molar-refractivity contribution >= 4 is 11.9 Å². The van der Waals surface area contributed by atoms with E-state index in [1.54, 1.807) is 12.1 Å². The molecule has 0 spiro atoms. The molecular weight excluding hydrogens is 196 g/mol. The highest BCUT2D eigenvalue weighted by Crippen LogP contribution is 2.16. The van der Waals surface area contributed by atoms with Gasteiger partial charge in [0, 0.05) is 6.42 Å². The Morgan fingerprint density at radius 3 is 2.60 bits per heavy atom. The van der Waals surface area contributed by atoms with Crippen LogP contribution in [0.4, 0.5) is 0 Å². The van der Waals surface area contributed by atoms with Gasteiger partial charge in [-0.05, 0) is 18.6 Å². The summed E-state index contributed by atoms with van der Waals surface area (Å²) in [6, 6.07) is 5.93. The third-order valence-electron chi connectivity index (χ3n) is 1.78. The number of aromatic hydroxyl groups is 1. The molecule has 0 aliphatic carbocycles. The lowest BCUT2D eigenvalue weighted by Crippen LogP contribution is -2.12. The third-order valence-corrected chi connectivity index (χ3v) is 1.78. The summed E-state index contributed by atoms with van der Waals surface area (Å²) in [5.41, 5.74) is 0.00181. The summed E-state index contributed by atoms with van der Waals surface area (Å²) in [5, 5.41) is 9.31. The first-order valence-electron chi connectivity index (χ1n) is 4.68. The van der Waals surface area contributed by atoms with Gasteiger partial charge >= 0.3 is 11.9 Å². The van der Waals surface area contributed by atoms with E-state index in [0.717, 1.165) is 0 Å². The van der Waals surface area contributed by atoms with Crippen LogP contribution in [0, 0.1) is 0 Å². The Morgan fingerprint density at radius 2 is 2.00 bits per heavy atom. The number of carbonyl (C=O) groups is 2. The molecule has 0 saturated heterocycles. The van der Waals surface area contributed by atoms with Gasteiger partial charge in [0.15, 0.2) is 0 Å². The lowest BCUT2D eigenvalue weighted by Gasteiger charge is -2.03. The van der Waals surface area contributed by atoms with Crippen LogP contribution in [0.25, 0.3) is 0 Å². The van der Waals surface area contributed by atoms with E-state index < -0.39 is 11.9 Å². The van der Waals surface area contributed by atoms with E-state index >= 15 is 0 Å². The number of hydrogen-bond donors (Lipinski definition) is 1. The number of ether oxygens (including phenoxy) is 1. The van der Waals surface area contributed by atoms with Gasteiger partial charge in [-0.2, -0.15) is 0 Å². The SMILES string of the molecule is CCCC(=O)OC(=O)c1ccccc1O. The molecule has 0 aliphatic rings. The van der Waals surface area contributed by atoms with Gasteiger partial charge in [-0.25, -0.2) is 4.79 Å². The Labute approximate surface area is 87.5 Å². The van der Waals surface area contributed by atoms with Crippen molar-refractivity contribution in [2.24, 2.45) is 0 Å². The largest absolute Gasteiger partial charge is 0.507 e. The molecule has 1 aromatic carbocycles. The van der Waals surface area contributed by atoms with Crippen LogP contribution < -0.4 is 0 Å². The molecular formula is C11H12O4. The fourth-order valence-corrected chi connectivity index (χ4v) is 1.06. The maximum Gasteiger partial charge on any atom is 0.349 e. The molecule has 0 amide bonds. The third kappa shape index (κ3) is 3.09. The Hall–Kier alpha value is -1.84. The summed E-state index contributed by atoms with van der Waals surface area (Å²) in [4.78, 5) is 22.4. The Kier molecular flexibility index (Phi) is 3.85. The highest BCUT2D eigenvalue weighted by Gasteiger charge is 2.15. The molecule has 0 saturated carbocycles. The first-order chi connectivity index (χ1) is 7.15. The van der Waals surface area contributed by atoms with Gasteiger partial charge in [0.1, 0.15) is 11.3 Å². The van der Waals surface area contributed by atoms with Crippen molar-refractivity contribution in [2.75, 3.05) is 0 Å². The lowest BCUT2D eigenvalue weighted by molar-refractivity contribution is -0.137. The molecule has 0 unspecified atom stereocenters. The first-order valence-corrected chi connectivity index (χ1v) is 4.68. The number of carbonyl (C=O) groups excluding carboxylic acids is 2. The molecule has 0 aromatic heterocycles.